The summed E-state index contributed by atoms with van der Waals surface area (Å²) in [6.07, 6.45) is 2.28. The molecule has 0 aromatic heterocycles. The Balaban J connectivity index is 0. The zero-order valence-electron chi connectivity index (χ0n) is 5.13. The van der Waals surface area contributed by atoms with Crippen LogP contribution in [0.4, 0.5) is 0 Å². The molecule has 0 N–H and O–H groups in total. The number of unbranched alkanes of at least 4 members (excludes halogenated alkanes) is 1. The zero-order valence-corrected chi connectivity index (χ0v) is 11.0. The molecule has 0 fully saturated rings. The Morgan fingerprint density at radius 3 is 1.33 bits per heavy atom. The third-order valence-electron chi connectivity index (χ3n) is 0.354. The van der Waals surface area contributed by atoms with Gasteiger partial charge >= 0.3 is 49.6 Å². The van der Waals surface area contributed by atoms with E-state index in [0.29, 0.717) is 0 Å². The van der Waals surface area contributed by atoms with Crippen molar-refractivity contribution in [1.29, 1.82) is 0 Å². The molecule has 5 heteroatoms. The van der Waals surface area contributed by atoms with Gasteiger partial charge in [0.2, 0.25) is 0 Å². The molecule has 0 aliphatic rings. The van der Waals surface area contributed by atoms with Crippen molar-refractivity contribution in [1.82, 2.24) is 0 Å². The average Bonchev–Trinajstić information content (AvgIpc) is 1.61. The third-order valence-corrected chi connectivity index (χ3v) is 0.354. The van der Waals surface area contributed by atoms with E-state index in [9.17, 15) is 0 Å². The normalized spacial score (nSPS) is 10.0. The maximum atomic E-state index is 5.04. The number of halogens is 4. The molecule has 0 unspecified atom stereocenters. The van der Waals surface area contributed by atoms with Crippen molar-refractivity contribution in [3.63, 3.8) is 0 Å². The van der Waals surface area contributed by atoms with Gasteiger partial charge in [-0.2, -0.15) is 0 Å². The Kier molecular flexibility index (Phi) is 12.1. The summed E-state index contributed by atoms with van der Waals surface area (Å²) < 4.78 is 0. The molecule has 1 radical (unpaired) electrons. The Morgan fingerprint density at radius 2 is 1.33 bits per heavy atom. The van der Waals surface area contributed by atoms with Crippen LogP contribution in [0, 0.1) is 6.92 Å². The van der Waals surface area contributed by atoms with E-state index in [1.54, 1.807) is 0 Å². The summed E-state index contributed by atoms with van der Waals surface area (Å²) in [7, 11) is 20.1. The molecular weight excluding hydrogens is 309 g/mol. The van der Waals surface area contributed by atoms with Crippen molar-refractivity contribution < 1.29 is 0 Å². The van der Waals surface area contributed by atoms with Gasteiger partial charge in [-0.15, -0.1) is 0 Å². The average molecular weight is 318 g/mol. The fourth-order valence-electron chi connectivity index (χ4n) is 0. The molecule has 0 aliphatic carbocycles. The first-order valence-corrected chi connectivity index (χ1v) is 16.9. The first-order chi connectivity index (χ1) is 3.91. The van der Waals surface area contributed by atoms with E-state index >= 15 is 0 Å². The monoisotopic (exact) mass is 317 g/mol. The van der Waals surface area contributed by atoms with Crippen LogP contribution in [0.3, 0.4) is 0 Å². The van der Waals surface area contributed by atoms with Crippen LogP contribution in [0.2, 0.25) is 0 Å². The maximum absolute atomic E-state index is 5.04. The molecule has 0 spiro atoms. The van der Waals surface area contributed by atoms with Crippen molar-refractivity contribution in [3.8, 4) is 0 Å². The van der Waals surface area contributed by atoms with E-state index in [2.05, 4.69) is 13.8 Å². The Morgan fingerprint density at radius 1 is 1.22 bits per heavy atom. The summed E-state index contributed by atoms with van der Waals surface area (Å²) in [4.78, 5) is 0. The Bertz CT molecular complexity index is 43.0. The molecule has 0 nitrogen and oxygen atoms in total. The fourth-order valence-corrected chi connectivity index (χ4v) is 0. The molecule has 0 aliphatic heterocycles. The van der Waals surface area contributed by atoms with Crippen molar-refractivity contribution in [3.05, 3.63) is 6.92 Å². The molecule has 0 bridgehead atoms. The van der Waals surface area contributed by atoms with E-state index in [0.717, 1.165) is 6.42 Å². The van der Waals surface area contributed by atoms with Crippen molar-refractivity contribution in [2.75, 3.05) is 0 Å². The minimum atomic E-state index is -3.29. The van der Waals surface area contributed by atoms with E-state index < -0.39 is 13.9 Å². The summed E-state index contributed by atoms with van der Waals surface area (Å²) in [6, 6.07) is 0. The van der Waals surface area contributed by atoms with Gasteiger partial charge < -0.3 is 0 Å². The van der Waals surface area contributed by atoms with Gasteiger partial charge in [0.1, 0.15) is 0 Å². The first-order valence-electron chi connectivity index (χ1n) is 2.46. The topological polar surface area (TPSA) is 0 Å². The number of hydrogen-bond acceptors (Lipinski definition) is 0. The third kappa shape index (κ3) is 72.1. The van der Waals surface area contributed by atoms with Crippen LogP contribution in [0.1, 0.15) is 19.8 Å². The van der Waals surface area contributed by atoms with Gasteiger partial charge in [-0.1, -0.05) is 26.7 Å². The van der Waals surface area contributed by atoms with Gasteiger partial charge in [0.05, 0.1) is 0 Å². The van der Waals surface area contributed by atoms with Crippen LogP contribution in [-0.4, -0.2) is 13.9 Å². The second-order valence-electron chi connectivity index (χ2n) is 1.28. The fraction of sp³-hybridized carbons (Fsp3) is 0.750. The molecule has 0 amide bonds. The number of rotatable bonds is 1. The quantitative estimate of drug-likeness (QED) is 0.641. The standard InChI is InChI=1S/C4H9.4ClH.Sn/c1-3-4-2;;;;;/h1,3-4H2,2H3;4*1H;/q;;;;;+4/p-4. The van der Waals surface area contributed by atoms with Crippen LogP contribution < -0.4 is 0 Å². The summed E-state index contributed by atoms with van der Waals surface area (Å²) in [5.74, 6) is 0. The van der Waals surface area contributed by atoms with Crippen molar-refractivity contribution >= 4 is 49.6 Å². The van der Waals surface area contributed by atoms with Crippen LogP contribution in [-0.2, 0) is 0 Å². The second-order valence-corrected chi connectivity index (χ2v) is 26.7. The van der Waals surface area contributed by atoms with Crippen LogP contribution in [0.25, 0.3) is 0 Å². The van der Waals surface area contributed by atoms with Crippen molar-refractivity contribution in [2.45, 2.75) is 19.8 Å². The predicted molar refractivity (Wildman–Crippen MR) is 49.4 cm³/mol. The molecule has 0 saturated carbocycles. The van der Waals surface area contributed by atoms with E-state index in [1.165, 1.54) is 6.42 Å². The van der Waals surface area contributed by atoms with Crippen LogP contribution >= 0.6 is 35.7 Å². The summed E-state index contributed by atoms with van der Waals surface area (Å²) >= 11 is -3.29. The Hall–Kier alpha value is 1.96. The molecular formula is C4H9Cl4Sn. The molecule has 9 heavy (non-hydrogen) atoms. The second kappa shape index (κ2) is 8.06. The van der Waals surface area contributed by atoms with Gasteiger partial charge in [0.15, 0.2) is 0 Å². The molecule has 0 aromatic carbocycles. The van der Waals surface area contributed by atoms with E-state index in [4.69, 9.17) is 35.7 Å². The zero-order chi connectivity index (χ0) is 7.91. The molecule has 0 atom stereocenters. The van der Waals surface area contributed by atoms with Gasteiger partial charge in [0.25, 0.3) is 0 Å². The molecule has 0 aromatic rings. The van der Waals surface area contributed by atoms with Gasteiger partial charge in [-0.25, -0.2) is 0 Å². The van der Waals surface area contributed by atoms with E-state index in [1.807, 2.05) is 0 Å². The van der Waals surface area contributed by atoms with Gasteiger partial charge in [-0.05, 0) is 0 Å². The van der Waals surface area contributed by atoms with Crippen LogP contribution in [0.15, 0.2) is 0 Å². The minimum absolute atomic E-state index is 1.07. The van der Waals surface area contributed by atoms with Crippen molar-refractivity contribution in [2.24, 2.45) is 0 Å². The van der Waals surface area contributed by atoms with Gasteiger partial charge in [-0.3, -0.25) is 0 Å². The number of hydrogen-bond donors (Lipinski definition) is 0. The summed E-state index contributed by atoms with van der Waals surface area (Å²) in [5.41, 5.74) is 0. The SMILES string of the molecule is [CH2]CCC.[Cl][Sn]([Cl])([Cl])[Cl]. The van der Waals surface area contributed by atoms with Gasteiger partial charge in [0, 0.05) is 0 Å². The molecule has 0 heterocycles. The molecule has 57 valence electrons. The Labute approximate surface area is 75.5 Å². The summed E-state index contributed by atoms with van der Waals surface area (Å²) in [5, 5.41) is 0. The molecule has 0 saturated heterocycles. The molecule has 0 rings (SSSR count). The first kappa shape index (κ1) is 13.5. The van der Waals surface area contributed by atoms with E-state index in [-0.39, 0.29) is 0 Å². The summed E-state index contributed by atoms with van der Waals surface area (Å²) in [6.45, 7) is 5.72. The predicted octanol–water partition coefficient (Wildman–Crippen LogP) is 4.00. The van der Waals surface area contributed by atoms with Crippen LogP contribution in [0.5, 0.6) is 0 Å².